The summed E-state index contributed by atoms with van der Waals surface area (Å²) < 4.78 is 37.4. The predicted molar refractivity (Wildman–Crippen MR) is 77.6 cm³/mol. The summed E-state index contributed by atoms with van der Waals surface area (Å²) in [6.07, 6.45) is 2.08. The van der Waals surface area contributed by atoms with Crippen molar-refractivity contribution in [1.82, 2.24) is 14.8 Å². The number of ether oxygens (including phenoxy) is 1. The Morgan fingerprint density at radius 3 is 2.86 bits per heavy atom. The number of likely N-dealkylation sites (tertiary alicyclic amines) is 1. The minimum Gasteiger partial charge on any atom is -0.383 e. The quantitative estimate of drug-likeness (QED) is 0.796. The maximum atomic E-state index is 12.4. The van der Waals surface area contributed by atoms with E-state index >= 15 is 0 Å². The summed E-state index contributed by atoms with van der Waals surface area (Å²) in [7, 11) is -1.90. The van der Waals surface area contributed by atoms with Crippen LogP contribution in [0.4, 0.5) is 0 Å². The van der Waals surface area contributed by atoms with E-state index in [2.05, 4.69) is 14.8 Å². The SMILES string of the molecule is COCCN1CCC[C@@H]1CNS(=O)(=O)c1c(C)noc1C. The van der Waals surface area contributed by atoms with Crippen molar-refractivity contribution in [2.75, 3.05) is 33.4 Å². The third-order valence-corrected chi connectivity index (χ3v) is 5.49. The van der Waals surface area contributed by atoms with E-state index in [1.54, 1.807) is 21.0 Å². The second-order valence-corrected chi connectivity index (χ2v) is 7.03. The number of hydrogen-bond donors (Lipinski definition) is 1. The number of aryl methyl sites for hydroxylation is 2. The van der Waals surface area contributed by atoms with E-state index in [1.807, 2.05) is 0 Å². The molecule has 1 aliphatic heterocycles. The van der Waals surface area contributed by atoms with Gasteiger partial charge in [0.1, 0.15) is 10.6 Å². The first-order chi connectivity index (χ1) is 9.95. The Hall–Kier alpha value is -0.960. The molecule has 0 unspecified atom stereocenters. The fraction of sp³-hybridized carbons (Fsp3) is 0.769. The molecule has 1 N–H and O–H groups in total. The van der Waals surface area contributed by atoms with Gasteiger partial charge in [-0.1, -0.05) is 5.16 Å². The fourth-order valence-electron chi connectivity index (χ4n) is 2.77. The van der Waals surface area contributed by atoms with E-state index in [-0.39, 0.29) is 10.9 Å². The highest BCUT2D eigenvalue weighted by atomic mass is 32.2. The Morgan fingerprint density at radius 1 is 1.48 bits per heavy atom. The van der Waals surface area contributed by atoms with E-state index < -0.39 is 10.0 Å². The van der Waals surface area contributed by atoms with Crippen LogP contribution in [0.25, 0.3) is 0 Å². The van der Waals surface area contributed by atoms with Gasteiger partial charge in [-0.3, -0.25) is 4.90 Å². The second kappa shape index (κ2) is 6.87. The highest BCUT2D eigenvalue weighted by Crippen LogP contribution is 2.20. The molecular weight excluding hydrogens is 294 g/mol. The molecule has 2 heterocycles. The molecule has 1 aromatic rings. The van der Waals surface area contributed by atoms with Crippen LogP contribution in [-0.4, -0.2) is 57.9 Å². The highest BCUT2D eigenvalue weighted by Gasteiger charge is 2.28. The van der Waals surface area contributed by atoms with E-state index in [4.69, 9.17) is 9.26 Å². The lowest BCUT2D eigenvalue weighted by molar-refractivity contribution is 0.141. The lowest BCUT2D eigenvalue weighted by Crippen LogP contribution is -2.41. The Balaban J connectivity index is 1.99. The summed E-state index contributed by atoms with van der Waals surface area (Å²) in [5, 5.41) is 3.70. The zero-order valence-electron chi connectivity index (χ0n) is 12.8. The molecule has 0 spiro atoms. The number of sulfonamides is 1. The predicted octanol–water partition coefficient (Wildman–Crippen LogP) is 0.681. The summed E-state index contributed by atoms with van der Waals surface area (Å²) in [6, 6.07) is 0.218. The Kier molecular flexibility index (Phi) is 5.37. The van der Waals surface area contributed by atoms with Crippen molar-refractivity contribution in [2.45, 2.75) is 37.6 Å². The van der Waals surface area contributed by atoms with Crippen molar-refractivity contribution in [3.05, 3.63) is 11.5 Å². The van der Waals surface area contributed by atoms with Gasteiger partial charge in [0.25, 0.3) is 0 Å². The van der Waals surface area contributed by atoms with Gasteiger partial charge in [-0.2, -0.15) is 0 Å². The van der Waals surface area contributed by atoms with Gasteiger partial charge < -0.3 is 9.26 Å². The van der Waals surface area contributed by atoms with Crippen LogP contribution < -0.4 is 4.72 Å². The van der Waals surface area contributed by atoms with Crippen molar-refractivity contribution >= 4 is 10.0 Å². The molecule has 21 heavy (non-hydrogen) atoms. The maximum Gasteiger partial charge on any atom is 0.246 e. The highest BCUT2D eigenvalue weighted by molar-refractivity contribution is 7.89. The van der Waals surface area contributed by atoms with Crippen LogP contribution in [0, 0.1) is 13.8 Å². The van der Waals surface area contributed by atoms with Gasteiger partial charge in [-0.15, -0.1) is 0 Å². The lowest BCUT2D eigenvalue weighted by atomic mass is 10.2. The van der Waals surface area contributed by atoms with E-state index in [1.165, 1.54) is 0 Å². The topological polar surface area (TPSA) is 84.7 Å². The minimum absolute atomic E-state index is 0.156. The van der Waals surface area contributed by atoms with Crippen molar-refractivity contribution < 1.29 is 17.7 Å². The van der Waals surface area contributed by atoms with Gasteiger partial charge in [0, 0.05) is 26.2 Å². The molecule has 2 rings (SSSR count). The van der Waals surface area contributed by atoms with Crippen molar-refractivity contribution in [3.63, 3.8) is 0 Å². The summed E-state index contributed by atoms with van der Waals surface area (Å²) >= 11 is 0. The van der Waals surface area contributed by atoms with E-state index in [9.17, 15) is 8.42 Å². The second-order valence-electron chi connectivity index (χ2n) is 5.33. The number of nitrogens with zero attached hydrogens (tertiary/aromatic N) is 2. The van der Waals surface area contributed by atoms with Gasteiger partial charge in [0.15, 0.2) is 5.76 Å². The number of aromatic nitrogens is 1. The van der Waals surface area contributed by atoms with Crippen LogP contribution in [0.3, 0.4) is 0 Å². The van der Waals surface area contributed by atoms with E-state index in [0.717, 1.165) is 25.9 Å². The van der Waals surface area contributed by atoms with Crippen molar-refractivity contribution in [2.24, 2.45) is 0 Å². The molecule has 0 radical (unpaired) electrons. The first kappa shape index (κ1) is 16.4. The zero-order chi connectivity index (χ0) is 15.5. The van der Waals surface area contributed by atoms with Crippen LogP contribution in [0.5, 0.6) is 0 Å². The summed E-state index contributed by atoms with van der Waals surface area (Å²) in [5.41, 5.74) is 0.391. The number of nitrogens with one attached hydrogen (secondary N) is 1. The molecular formula is C13H23N3O4S. The van der Waals surface area contributed by atoms with Crippen LogP contribution in [0.2, 0.25) is 0 Å². The van der Waals surface area contributed by atoms with Crippen LogP contribution in [-0.2, 0) is 14.8 Å². The molecule has 0 saturated carbocycles. The van der Waals surface area contributed by atoms with Crippen LogP contribution in [0.1, 0.15) is 24.3 Å². The first-order valence-corrected chi connectivity index (χ1v) is 8.59. The minimum atomic E-state index is -3.57. The molecule has 0 bridgehead atoms. The smallest absolute Gasteiger partial charge is 0.246 e. The average molecular weight is 317 g/mol. The monoisotopic (exact) mass is 317 g/mol. The molecule has 0 aliphatic carbocycles. The number of methoxy groups -OCH3 is 1. The molecule has 1 fully saturated rings. The molecule has 0 aromatic carbocycles. The zero-order valence-corrected chi connectivity index (χ0v) is 13.6. The van der Waals surface area contributed by atoms with Gasteiger partial charge >= 0.3 is 0 Å². The molecule has 120 valence electrons. The lowest BCUT2D eigenvalue weighted by Gasteiger charge is -2.24. The van der Waals surface area contributed by atoms with Crippen molar-refractivity contribution in [1.29, 1.82) is 0 Å². The summed E-state index contributed by atoms with van der Waals surface area (Å²) in [6.45, 7) is 6.11. The van der Waals surface area contributed by atoms with Crippen LogP contribution in [0.15, 0.2) is 9.42 Å². The molecule has 0 amide bonds. The summed E-state index contributed by atoms with van der Waals surface area (Å²) in [5.74, 6) is 0.322. The first-order valence-electron chi connectivity index (χ1n) is 7.11. The third kappa shape index (κ3) is 3.82. The maximum absolute atomic E-state index is 12.4. The van der Waals surface area contributed by atoms with Gasteiger partial charge in [-0.05, 0) is 33.2 Å². The largest absolute Gasteiger partial charge is 0.383 e. The number of rotatable bonds is 7. The van der Waals surface area contributed by atoms with Crippen LogP contribution >= 0.6 is 0 Å². The Bertz CT molecular complexity index is 550. The molecule has 1 saturated heterocycles. The average Bonchev–Trinajstić information content (AvgIpc) is 3.01. The van der Waals surface area contributed by atoms with E-state index in [0.29, 0.717) is 24.6 Å². The van der Waals surface area contributed by atoms with Gasteiger partial charge in [0.2, 0.25) is 10.0 Å². The Morgan fingerprint density at radius 2 is 2.24 bits per heavy atom. The molecule has 1 aromatic heterocycles. The normalized spacial score (nSPS) is 20.2. The molecule has 7 nitrogen and oxygen atoms in total. The van der Waals surface area contributed by atoms with Crippen molar-refractivity contribution in [3.8, 4) is 0 Å². The molecule has 1 aliphatic rings. The van der Waals surface area contributed by atoms with Gasteiger partial charge in [-0.25, -0.2) is 13.1 Å². The van der Waals surface area contributed by atoms with Gasteiger partial charge in [0.05, 0.1) is 6.61 Å². The molecule has 1 atom stereocenters. The summed E-state index contributed by atoms with van der Waals surface area (Å²) in [4.78, 5) is 2.42. The number of hydrogen-bond acceptors (Lipinski definition) is 6. The third-order valence-electron chi connectivity index (χ3n) is 3.83. The fourth-order valence-corrected chi connectivity index (χ4v) is 4.16. The standard InChI is InChI=1S/C13H23N3O4S/c1-10-13(11(2)20-15-10)21(17,18)14-9-12-5-4-6-16(12)7-8-19-3/h12,14H,4-9H2,1-3H3/t12-/m1/s1. The Labute approximate surface area is 125 Å². The molecule has 8 heteroatoms.